The molecule has 2 heterocycles. The summed E-state index contributed by atoms with van der Waals surface area (Å²) in [5.41, 5.74) is 8.57. The molecule has 0 aliphatic carbocycles. The van der Waals surface area contributed by atoms with E-state index in [1.54, 1.807) is 24.4 Å². The number of benzene rings is 2. The van der Waals surface area contributed by atoms with E-state index < -0.39 is 5.82 Å². The molecule has 6 nitrogen and oxygen atoms in total. The van der Waals surface area contributed by atoms with Crippen molar-refractivity contribution < 1.29 is 13.9 Å². The molecule has 0 fully saturated rings. The molecule has 35 heavy (non-hydrogen) atoms. The molecule has 0 bridgehead atoms. The first-order valence-electron chi connectivity index (χ1n) is 10.8. The van der Waals surface area contributed by atoms with Gasteiger partial charge in [0.05, 0.1) is 5.56 Å². The van der Waals surface area contributed by atoms with Gasteiger partial charge in [0, 0.05) is 35.8 Å². The number of carbonyl (C=O) groups is 1. The highest BCUT2D eigenvalue weighted by Crippen LogP contribution is 2.35. The molecule has 0 atom stereocenters. The van der Waals surface area contributed by atoms with Crippen molar-refractivity contribution in [3.05, 3.63) is 107 Å². The van der Waals surface area contributed by atoms with E-state index in [1.165, 1.54) is 24.4 Å². The smallest absolute Gasteiger partial charge is 0.197 e. The van der Waals surface area contributed by atoms with Gasteiger partial charge in [-0.3, -0.25) is 4.79 Å². The van der Waals surface area contributed by atoms with Crippen molar-refractivity contribution in [1.29, 1.82) is 0 Å². The zero-order valence-corrected chi connectivity index (χ0v) is 19.8. The van der Waals surface area contributed by atoms with Crippen LogP contribution in [0.4, 0.5) is 21.7 Å². The zero-order chi connectivity index (χ0) is 24.9. The Balaban J connectivity index is 1.63. The van der Waals surface area contributed by atoms with Gasteiger partial charge in [0.25, 0.3) is 0 Å². The third kappa shape index (κ3) is 5.15. The molecule has 8 heteroatoms. The van der Waals surface area contributed by atoms with E-state index in [-0.39, 0.29) is 28.1 Å². The zero-order valence-electron chi connectivity index (χ0n) is 19.0. The second kappa shape index (κ2) is 10.4. The second-order valence-corrected chi connectivity index (χ2v) is 8.01. The first kappa shape index (κ1) is 23.9. The fraction of sp³-hybridized carbons (Fsp3) is 0.0741. The van der Waals surface area contributed by atoms with E-state index in [0.29, 0.717) is 22.6 Å². The van der Waals surface area contributed by atoms with E-state index in [9.17, 15) is 9.18 Å². The first-order valence-corrected chi connectivity index (χ1v) is 11.1. The molecule has 2 aromatic heterocycles. The number of aromatic nitrogens is 2. The monoisotopic (exact) mass is 488 g/mol. The summed E-state index contributed by atoms with van der Waals surface area (Å²) in [4.78, 5) is 21.7. The number of nitrogens with two attached hydrogens (primary N) is 1. The number of ketones is 1. The Hall–Kier alpha value is -4.23. The van der Waals surface area contributed by atoms with Gasteiger partial charge in [-0.2, -0.15) is 0 Å². The number of allylic oxidation sites excluding steroid dienone is 2. The van der Waals surface area contributed by atoms with Crippen LogP contribution in [-0.4, -0.2) is 15.8 Å². The lowest BCUT2D eigenvalue weighted by Crippen LogP contribution is -2.10. The lowest BCUT2D eigenvalue weighted by atomic mass is 9.94. The number of aryl methyl sites for hydroxylation is 1. The molecule has 0 saturated carbocycles. The Labute approximate surface area is 207 Å². The van der Waals surface area contributed by atoms with Crippen molar-refractivity contribution in [2.75, 3.05) is 11.1 Å². The predicted octanol–water partition coefficient (Wildman–Crippen LogP) is 6.98. The summed E-state index contributed by atoms with van der Waals surface area (Å²) in [6.45, 7) is 3.65. The summed E-state index contributed by atoms with van der Waals surface area (Å²) in [6, 6.07) is 17.0. The number of pyridine rings is 2. The van der Waals surface area contributed by atoms with Crippen LogP contribution in [0.2, 0.25) is 5.02 Å². The maximum atomic E-state index is 14.9. The Bertz CT molecular complexity index is 1420. The Morgan fingerprint density at radius 1 is 1.06 bits per heavy atom. The quantitative estimate of drug-likeness (QED) is 0.215. The minimum absolute atomic E-state index is 0.0446. The number of nitrogen functional groups attached to an aromatic ring is 1. The summed E-state index contributed by atoms with van der Waals surface area (Å²) in [5, 5.41) is 3.16. The van der Waals surface area contributed by atoms with Crippen LogP contribution in [0.5, 0.6) is 11.5 Å². The number of nitrogens with zero attached hydrogens (tertiary/aromatic N) is 2. The van der Waals surface area contributed by atoms with Crippen LogP contribution in [-0.2, 0) is 0 Å². The van der Waals surface area contributed by atoms with Crippen molar-refractivity contribution >= 4 is 40.3 Å². The van der Waals surface area contributed by atoms with Gasteiger partial charge in [-0.05, 0) is 43.2 Å². The lowest BCUT2D eigenvalue weighted by molar-refractivity contribution is 0.105. The van der Waals surface area contributed by atoms with Gasteiger partial charge in [0.15, 0.2) is 23.1 Å². The van der Waals surface area contributed by atoms with Crippen molar-refractivity contribution in [3.8, 4) is 11.5 Å². The van der Waals surface area contributed by atoms with E-state index in [1.807, 2.05) is 44.2 Å². The number of rotatable bonds is 7. The molecule has 2 aromatic carbocycles. The molecule has 4 rings (SSSR count). The minimum atomic E-state index is -0.639. The maximum Gasteiger partial charge on any atom is 0.197 e. The van der Waals surface area contributed by atoms with Crippen LogP contribution in [0.15, 0.2) is 79.1 Å². The fourth-order valence-electron chi connectivity index (χ4n) is 3.56. The summed E-state index contributed by atoms with van der Waals surface area (Å²) in [5.74, 6) is -0.272. The minimum Gasteiger partial charge on any atom is -0.453 e. The Kier molecular flexibility index (Phi) is 7.08. The van der Waals surface area contributed by atoms with E-state index >= 15 is 0 Å². The van der Waals surface area contributed by atoms with Gasteiger partial charge in [-0.1, -0.05) is 48.0 Å². The van der Waals surface area contributed by atoms with Gasteiger partial charge in [0.1, 0.15) is 16.7 Å². The molecule has 0 aliphatic rings. The first-order chi connectivity index (χ1) is 16.9. The second-order valence-electron chi connectivity index (χ2n) is 7.63. The van der Waals surface area contributed by atoms with Crippen molar-refractivity contribution in [2.24, 2.45) is 0 Å². The highest BCUT2D eigenvalue weighted by atomic mass is 35.5. The highest BCUT2D eigenvalue weighted by molar-refractivity contribution is 6.34. The van der Waals surface area contributed by atoms with Crippen LogP contribution < -0.4 is 15.8 Å². The molecular weight excluding hydrogens is 467 g/mol. The summed E-state index contributed by atoms with van der Waals surface area (Å²) >= 11 is 6.09. The van der Waals surface area contributed by atoms with E-state index in [2.05, 4.69) is 15.3 Å². The molecule has 0 radical (unpaired) electrons. The number of carbonyl (C=O) groups excluding carboxylic acids is 1. The Morgan fingerprint density at radius 2 is 1.80 bits per heavy atom. The third-order valence-corrected chi connectivity index (χ3v) is 5.68. The lowest BCUT2D eigenvalue weighted by Gasteiger charge is -2.15. The van der Waals surface area contributed by atoms with Gasteiger partial charge in [0.2, 0.25) is 0 Å². The van der Waals surface area contributed by atoms with Gasteiger partial charge in [-0.15, -0.1) is 0 Å². The summed E-state index contributed by atoms with van der Waals surface area (Å²) < 4.78 is 20.4. The molecule has 0 saturated heterocycles. The highest BCUT2D eigenvalue weighted by Gasteiger charge is 2.21. The van der Waals surface area contributed by atoms with Crippen LogP contribution in [0.25, 0.3) is 5.57 Å². The Morgan fingerprint density at radius 3 is 2.51 bits per heavy atom. The molecule has 0 amide bonds. The normalized spacial score (nSPS) is 11.3. The molecule has 0 aliphatic heterocycles. The van der Waals surface area contributed by atoms with E-state index in [0.717, 1.165) is 11.1 Å². The maximum absolute atomic E-state index is 14.9. The fourth-order valence-corrected chi connectivity index (χ4v) is 3.71. The largest absolute Gasteiger partial charge is 0.453 e. The van der Waals surface area contributed by atoms with Crippen molar-refractivity contribution in [1.82, 2.24) is 9.97 Å². The molecule has 0 unspecified atom stereocenters. The van der Waals surface area contributed by atoms with Crippen molar-refractivity contribution in [2.45, 2.75) is 13.8 Å². The number of nitrogens with one attached hydrogen (secondary N) is 1. The summed E-state index contributed by atoms with van der Waals surface area (Å²) in [7, 11) is 0. The standard InChI is InChI=1S/C27H22ClFN4O2/c1-3-19(17-7-5-4-6-8-17)25(34)23-16(2)11-13-32-27(23)33-18-9-10-21(20(29)15-18)35-22-12-14-31-26(30)24(22)28/h3-15H,1-2H3,(H2,30,31)(H,32,33). The average Bonchev–Trinajstić information content (AvgIpc) is 2.85. The number of Topliss-reactive ketones (excluding diaryl/α,β-unsaturated/α-hetero) is 1. The van der Waals surface area contributed by atoms with Crippen molar-refractivity contribution in [3.63, 3.8) is 0 Å². The molecule has 176 valence electrons. The van der Waals surface area contributed by atoms with Crippen LogP contribution in [0.3, 0.4) is 0 Å². The number of halogens is 2. The molecule has 3 N–H and O–H groups in total. The average molecular weight is 489 g/mol. The van der Waals surface area contributed by atoms with Gasteiger partial charge in [-0.25, -0.2) is 14.4 Å². The number of hydrogen-bond donors (Lipinski definition) is 2. The number of hydrogen-bond acceptors (Lipinski definition) is 6. The van der Waals surface area contributed by atoms with E-state index in [4.69, 9.17) is 22.1 Å². The third-order valence-electron chi connectivity index (χ3n) is 5.30. The van der Waals surface area contributed by atoms with Gasteiger partial charge < -0.3 is 15.8 Å². The summed E-state index contributed by atoms with van der Waals surface area (Å²) in [6.07, 6.45) is 4.79. The van der Waals surface area contributed by atoms with Gasteiger partial charge >= 0.3 is 0 Å². The van der Waals surface area contributed by atoms with Crippen LogP contribution >= 0.6 is 11.6 Å². The number of anilines is 3. The number of ether oxygens (including phenoxy) is 1. The molecular formula is C27H22ClFN4O2. The molecule has 4 aromatic rings. The van der Waals surface area contributed by atoms with Crippen LogP contribution in [0, 0.1) is 12.7 Å². The predicted molar refractivity (Wildman–Crippen MR) is 137 cm³/mol. The molecule has 0 spiro atoms. The SMILES string of the molecule is CC=C(C(=O)c1c(C)ccnc1Nc1ccc(Oc2ccnc(N)c2Cl)c(F)c1)c1ccccc1. The van der Waals surface area contributed by atoms with Crippen LogP contribution in [0.1, 0.15) is 28.4 Å². The topological polar surface area (TPSA) is 90.1 Å².